The molecule has 2 aromatic rings. The maximum Gasteiger partial charge on any atom is 0.171 e. The minimum Gasteiger partial charge on any atom is -0.488 e. The molecule has 0 radical (unpaired) electrons. The average molecular weight is 260 g/mol. The molecule has 0 saturated heterocycles. The molecule has 0 saturated carbocycles. The first kappa shape index (κ1) is 13.6. The smallest absolute Gasteiger partial charge is 0.171 e. The number of hydrogen-bond donors (Lipinski definition) is 1. The van der Waals surface area contributed by atoms with Crippen LogP contribution in [-0.4, -0.2) is 10.8 Å². The summed E-state index contributed by atoms with van der Waals surface area (Å²) in [5.74, 6) is 1.57. The predicted molar refractivity (Wildman–Crippen MR) is 74.9 cm³/mol. The number of aryl methyl sites for hydroxylation is 1. The minimum atomic E-state index is -0.202. The van der Waals surface area contributed by atoms with Crippen LogP contribution in [0, 0.1) is 6.92 Å². The lowest BCUT2D eigenvalue weighted by molar-refractivity contribution is 0.131. The van der Waals surface area contributed by atoms with Crippen molar-refractivity contribution in [1.82, 2.24) is 5.16 Å². The molecule has 0 atom stereocenters. The van der Waals surface area contributed by atoms with E-state index in [4.69, 9.17) is 15.0 Å². The van der Waals surface area contributed by atoms with Gasteiger partial charge in [0.1, 0.15) is 11.4 Å². The summed E-state index contributed by atoms with van der Waals surface area (Å²) in [5, 5.41) is 3.96. The SMILES string of the molecule is Cc1noc(-c2ccc(OC(C)(C)C)cc2)c1CN. The van der Waals surface area contributed by atoms with Crippen LogP contribution in [0.4, 0.5) is 0 Å². The number of rotatable bonds is 3. The minimum absolute atomic E-state index is 0.202. The quantitative estimate of drug-likeness (QED) is 0.920. The van der Waals surface area contributed by atoms with Gasteiger partial charge in [0.2, 0.25) is 0 Å². The summed E-state index contributed by atoms with van der Waals surface area (Å²) >= 11 is 0. The van der Waals surface area contributed by atoms with E-state index in [-0.39, 0.29) is 5.60 Å². The van der Waals surface area contributed by atoms with Gasteiger partial charge in [-0.1, -0.05) is 5.16 Å². The molecule has 2 N–H and O–H groups in total. The van der Waals surface area contributed by atoms with Crippen molar-refractivity contribution in [3.05, 3.63) is 35.5 Å². The fourth-order valence-corrected chi connectivity index (χ4v) is 1.88. The van der Waals surface area contributed by atoms with Crippen LogP contribution in [0.5, 0.6) is 5.75 Å². The number of benzene rings is 1. The van der Waals surface area contributed by atoms with Crippen molar-refractivity contribution in [2.24, 2.45) is 5.73 Å². The second-order valence-electron chi connectivity index (χ2n) is 5.52. The highest BCUT2D eigenvalue weighted by Gasteiger charge is 2.15. The lowest BCUT2D eigenvalue weighted by Gasteiger charge is -2.21. The fourth-order valence-electron chi connectivity index (χ4n) is 1.88. The Kier molecular flexibility index (Phi) is 3.62. The number of nitrogens with zero attached hydrogens (tertiary/aromatic N) is 1. The van der Waals surface area contributed by atoms with Gasteiger partial charge in [-0.2, -0.15) is 0 Å². The van der Waals surface area contributed by atoms with Crippen LogP contribution < -0.4 is 10.5 Å². The summed E-state index contributed by atoms with van der Waals surface area (Å²) in [6.07, 6.45) is 0. The van der Waals surface area contributed by atoms with E-state index in [2.05, 4.69) is 5.16 Å². The van der Waals surface area contributed by atoms with Gasteiger partial charge in [-0.25, -0.2) is 0 Å². The van der Waals surface area contributed by atoms with Crippen LogP contribution in [0.15, 0.2) is 28.8 Å². The molecule has 102 valence electrons. The maximum atomic E-state index is 5.78. The molecule has 0 aliphatic heterocycles. The molecule has 0 amide bonds. The molecule has 1 aromatic heterocycles. The highest BCUT2D eigenvalue weighted by Crippen LogP contribution is 2.28. The van der Waals surface area contributed by atoms with Gasteiger partial charge in [0.05, 0.1) is 5.69 Å². The monoisotopic (exact) mass is 260 g/mol. The second-order valence-corrected chi connectivity index (χ2v) is 5.52. The topological polar surface area (TPSA) is 61.3 Å². The van der Waals surface area contributed by atoms with Gasteiger partial charge >= 0.3 is 0 Å². The van der Waals surface area contributed by atoms with Gasteiger partial charge in [0.15, 0.2) is 5.76 Å². The molecular formula is C15H20N2O2. The van der Waals surface area contributed by atoms with Crippen LogP contribution in [-0.2, 0) is 6.54 Å². The van der Waals surface area contributed by atoms with Crippen molar-refractivity contribution >= 4 is 0 Å². The van der Waals surface area contributed by atoms with E-state index >= 15 is 0 Å². The lowest BCUT2D eigenvalue weighted by atomic mass is 10.1. The number of hydrogen-bond acceptors (Lipinski definition) is 4. The number of ether oxygens (including phenoxy) is 1. The summed E-state index contributed by atoms with van der Waals surface area (Å²) in [6.45, 7) is 8.38. The van der Waals surface area contributed by atoms with Crippen molar-refractivity contribution in [3.8, 4) is 17.1 Å². The van der Waals surface area contributed by atoms with E-state index in [9.17, 15) is 0 Å². The molecule has 19 heavy (non-hydrogen) atoms. The molecule has 0 unspecified atom stereocenters. The first-order chi connectivity index (χ1) is 8.90. The summed E-state index contributed by atoms with van der Waals surface area (Å²) in [6, 6.07) is 7.78. The molecular weight excluding hydrogens is 240 g/mol. The Labute approximate surface area is 113 Å². The zero-order valence-corrected chi connectivity index (χ0v) is 11.9. The van der Waals surface area contributed by atoms with E-state index in [1.807, 2.05) is 52.0 Å². The van der Waals surface area contributed by atoms with E-state index < -0.39 is 0 Å². The van der Waals surface area contributed by atoms with Crippen LogP contribution in [0.25, 0.3) is 11.3 Å². The third-order valence-corrected chi connectivity index (χ3v) is 2.73. The second kappa shape index (κ2) is 5.05. The van der Waals surface area contributed by atoms with E-state index in [0.29, 0.717) is 6.54 Å². The molecule has 0 spiro atoms. The van der Waals surface area contributed by atoms with Gasteiger partial charge in [-0.15, -0.1) is 0 Å². The van der Waals surface area contributed by atoms with Crippen molar-refractivity contribution < 1.29 is 9.26 Å². The van der Waals surface area contributed by atoms with Crippen molar-refractivity contribution in [2.75, 3.05) is 0 Å². The van der Waals surface area contributed by atoms with Gasteiger partial charge < -0.3 is 15.0 Å². The summed E-state index contributed by atoms with van der Waals surface area (Å²) < 4.78 is 11.1. The summed E-state index contributed by atoms with van der Waals surface area (Å²) in [5.41, 5.74) is 8.27. The zero-order chi connectivity index (χ0) is 14.0. The largest absolute Gasteiger partial charge is 0.488 e. The van der Waals surface area contributed by atoms with Crippen LogP contribution in [0.2, 0.25) is 0 Å². The van der Waals surface area contributed by atoms with Gasteiger partial charge in [-0.3, -0.25) is 0 Å². The van der Waals surface area contributed by atoms with Crippen LogP contribution >= 0.6 is 0 Å². The van der Waals surface area contributed by atoms with Crippen molar-refractivity contribution in [2.45, 2.75) is 39.8 Å². The number of nitrogens with two attached hydrogens (primary N) is 1. The molecule has 0 aliphatic rings. The zero-order valence-electron chi connectivity index (χ0n) is 11.9. The van der Waals surface area contributed by atoms with Crippen LogP contribution in [0.1, 0.15) is 32.0 Å². The summed E-state index contributed by atoms with van der Waals surface area (Å²) in [7, 11) is 0. The first-order valence-corrected chi connectivity index (χ1v) is 6.35. The molecule has 4 heteroatoms. The first-order valence-electron chi connectivity index (χ1n) is 6.35. The highest BCUT2D eigenvalue weighted by atomic mass is 16.5. The molecule has 0 fully saturated rings. The Hall–Kier alpha value is -1.81. The molecule has 0 aliphatic carbocycles. The van der Waals surface area contributed by atoms with Gasteiger partial charge in [0, 0.05) is 17.7 Å². The predicted octanol–water partition coefficient (Wildman–Crippen LogP) is 3.29. The summed E-state index contributed by atoms with van der Waals surface area (Å²) in [4.78, 5) is 0. The Balaban J connectivity index is 2.27. The van der Waals surface area contributed by atoms with Gasteiger partial charge in [0.25, 0.3) is 0 Å². The Morgan fingerprint density at radius 1 is 1.21 bits per heavy atom. The van der Waals surface area contributed by atoms with Crippen LogP contribution in [0.3, 0.4) is 0 Å². The fraction of sp³-hybridized carbons (Fsp3) is 0.400. The standard InChI is InChI=1S/C15H20N2O2/c1-10-13(9-16)14(19-17-10)11-5-7-12(8-6-11)18-15(2,3)4/h5-8H,9,16H2,1-4H3. The van der Waals surface area contributed by atoms with Gasteiger partial charge in [-0.05, 0) is 52.0 Å². The Morgan fingerprint density at radius 2 is 1.84 bits per heavy atom. The van der Waals surface area contributed by atoms with E-state index in [1.165, 1.54) is 0 Å². The molecule has 2 rings (SSSR count). The average Bonchev–Trinajstić information content (AvgIpc) is 2.69. The Bertz CT molecular complexity index is 551. The van der Waals surface area contributed by atoms with Crippen molar-refractivity contribution in [1.29, 1.82) is 0 Å². The maximum absolute atomic E-state index is 5.78. The Morgan fingerprint density at radius 3 is 2.37 bits per heavy atom. The van der Waals surface area contributed by atoms with E-state index in [0.717, 1.165) is 28.3 Å². The van der Waals surface area contributed by atoms with Crippen molar-refractivity contribution in [3.63, 3.8) is 0 Å². The normalized spacial score (nSPS) is 11.6. The molecule has 4 nitrogen and oxygen atoms in total. The van der Waals surface area contributed by atoms with E-state index in [1.54, 1.807) is 0 Å². The molecule has 1 aromatic carbocycles. The molecule has 1 heterocycles. The third kappa shape index (κ3) is 3.15. The molecule has 0 bridgehead atoms. The highest BCUT2D eigenvalue weighted by molar-refractivity contribution is 5.62. The lowest BCUT2D eigenvalue weighted by Crippen LogP contribution is -2.22. The number of aromatic nitrogens is 1. The third-order valence-electron chi connectivity index (χ3n) is 2.73.